The second-order valence-electron chi connectivity index (χ2n) is 2.58. The molecule has 0 atom stereocenters. The molecule has 0 amide bonds. The standard InChI is InChI=1S/C8H15NO/c1-2-3-4-5-10-8-6-9-7-8/h2,8-9H,1,3-7H2. The van der Waals surface area contributed by atoms with Gasteiger partial charge in [0.15, 0.2) is 0 Å². The molecule has 1 fully saturated rings. The Hall–Kier alpha value is -0.340. The highest BCUT2D eigenvalue weighted by Crippen LogP contribution is 1.99. The quantitative estimate of drug-likeness (QED) is 0.454. The number of ether oxygens (including phenoxy) is 1. The van der Waals surface area contributed by atoms with Crippen molar-refractivity contribution >= 4 is 0 Å². The zero-order chi connectivity index (χ0) is 7.23. The molecule has 1 saturated heterocycles. The van der Waals surface area contributed by atoms with E-state index in [4.69, 9.17) is 4.74 Å². The van der Waals surface area contributed by atoms with E-state index in [2.05, 4.69) is 11.9 Å². The molecule has 0 aromatic carbocycles. The van der Waals surface area contributed by atoms with Gasteiger partial charge in [-0.25, -0.2) is 0 Å². The fourth-order valence-corrected chi connectivity index (χ4v) is 0.858. The van der Waals surface area contributed by atoms with E-state index in [0.717, 1.165) is 32.5 Å². The molecule has 10 heavy (non-hydrogen) atoms. The molecule has 58 valence electrons. The topological polar surface area (TPSA) is 21.3 Å². The van der Waals surface area contributed by atoms with Gasteiger partial charge in [-0.3, -0.25) is 0 Å². The average Bonchev–Trinajstić information content (AvgIpc) is 1.84. The predicted molar refractivity (Wildman–Crippen MR) is 42.0 cm³/mol. The first-order chi connectivity index (χ1) is 4.93. The van der Waals surface area contributed by atoms with Crippen molar-refractivity contribution in [2.24, 2.45) is 0 Å². The summed E-state index contributed by atoms with van der Waals surface area (Å²) in [4.78, 5) is 0. The number of allylic oxidation sites excluding steroid dienone is 1. The van der Waals surface area contributed by atoms with Gasteiger partial charge in [-0.2, -0.15) is 0 Å². The van der Waals surface area contributed by atoms with Crippen molar-refractivity contribution in [1.29, 1.82) is 0 Å². The second-order valence-corrected chi connectivity index (χ2v) is 2.58. The van der Waals surface area contributed by atoms with Crippen LogP contribution in [0.25, 0.3) is 0 Å². The Balaban J connectivity index is 1.80. The highest BCUT2D eigenvalue weighted by Gasteiger charge is 2.15. The molecule has 0 spiro atoms. The Labute approximate surface area is 62.3 Å². The molecule has 0 aromatic rings. The van der Waals surface area contributed by atoms with Crippen LogP contribution in [0.4, 0.5) is 0 Å². The zero-order valence-corrected chi connectivity index (χ0v) is 6.31. The molecule has 1 rings (SSSR count). The minimum Gasteiger partial charge on any atom is -0.376 e. The lowest BCUT2D eigenvalue weighted by molar-refractivity contribution is 0.0181. The van der Waals surface area contributed by atoms with Crippen LogP contribution in [0.5, 0.6) is 0 Å². The Morgan fingerprint density at radius 1 is 1.60 bits per heavy atom. The number of rotatable bonds is 5. The van der Waals surface area contributed by atoms with Gasteiger partial charge in [-0.15, -0.1) is 6.58 Å². The van der Waals surface area contributed by atoms with Crippen LogP contribution in [-0.2, 0) is 4.74 Å². The van der Waals surface area contributed by atoms with Crippen LogP contribution in [0.1, 0.15) is 12.8 Å². The van der Waals surface area contributed by atoms with Crippen molar-refractivity contribution in [3.63, 3.8) is 0 Å². The van der Waals surface area contributed by atoms with Crippen LogP contribution < -0.4 is 5.32 Å². The summed E-state index contributed by atoms with van der Waals surface area (Å²) in [5.74, 6) is 0. The van der Waals surface area contributed by atoms with E-state index in [1.54, 1.807) is 0 Å². The molecule has 1 aliphatic rings. The summed E-state index contributed by atoms with van der Waals surface area (Å²) in [5, 5.41) is 3.16. The third-order valence-electron chi connectivity index (χ3n) is 1.65. The molecular formula is C8H15NO. The minimum absolute atomic E-state index is 0.491. The lowest BCUT2D eigenvalue weighted by atomic mass is 10.2. The molecule has 1 aliphatic heterocycles. The van der Waals surface area contributed by atoms with Crippen LogP contribution in [0, 0.1) is 0 Å². The van der Waals surface area contributed by atoms with E-state index in [1.165, 1.54) is 0 Å². The minimum atomic E-state index is 0.491. The number of hydrogen-bond donors (Lipinski definition) is 1. The summed E-state index contributed by atoms with van der Waals surface area (Å²) in [7, 11) is 0. The van der Waals surface area contributed by atoms with Gasteiger partial charge in [0, 0.05) is 19.7 Å². The maximum atomic E-state index is 5.47. The van der Waals surface area contributed by atoms with E-state index in [9.17, 15) is 0 Å². The Morgan fingerprint density at radius 2 is 2.40 bits per heavy atom. The van der Waals surface area contributed by atoms with Gasteiger partial charge >= 0.3 is 0 Å². The molecule has 0 aromatic heterocycles. The Kier molecular flexibility index (Phi) is 3.47. The Morgan fingerprint density at radius 3 is 2.90 bits per heavy atom. The maximum Gasteiger partial charge on any atom is 0.0823 e. The summed E-state index contributed by atoms with van der Waals surface area (Å²) < 4.78 is 5.47. The van der Waals surface area contributed by atoms with Gasteiger partial charge < -0.3 is 10.1 Å². The molecule has 0 radical (unpaired) electrons. The van der Waals surface area contributed by atoms with Crippen LogP contribution >= 0.6 is 0 Å². The van der Waals surface area contributed by atoms with Crippen molar-refractivity contribution < 1.29 is 4.74 Å². The molecule has 0 unspecified atom stereocenters. The van der Waals surface area contributed by atoms with E-state index in [0.29, 0.717) is 6.10 Å². The number of unbranched alkanes of at least 4 members (excludes halogenated alkanes) is 1. The van der Waals surface area contributed by atoms with Crippen LogP contribution in [0.3, 0.4) is 0 Å². The first-order valence-electron chi connectivity index (χ1n) is 3.86. The predicted octanol–water partition coefficient (Wildman–Crippen LogP) is 0.941. The third kappa shape index (κ3) is 2.50. The molecule has 1 N–H and O–H groups in total. The molecule has 1 heterocycles. The van der Waals surface area contributed by atoms with Gasteiger partial charge in [-0.1, -0.05) is 6.08 Å². The largest absolute Gasteiger partial charge is 0.376 e. The fraction of sp³-hybridized carbons (Fsp3) is 0.750. The third-order valence-corrected chi connectivity index (χ3v) is 1.65. The molecule has 0 bridgehead atoms. The molecule has 0 saturated carbocycles. The summed E-state index contributed by atoms with van der Waals surface area (Å²) in [5.41, 5.74) is 0. The van der Waals surface area contributed by atoms with Crippen LogP contribution in [0.2, 0.25) is 0 Å². The number of nitrogens with one attached hydrogen (secondary N) is 1. The molecule has 2 nitrogen and oxygen atoms in total. The average molecular weight is 141 g/mol. The normalized spacial score (nSPS) is 18.4. The first kappa shape index (κ1) is 7.76. The van der Waals surface area contributed by atoms with Crippen LogP contribution in [-0.4, -0.2) is 25.8 Å². The van der Waals surface area contributed by atoms with E-state index in [-0.39, 0.29) is 0 Å². The van der Waals surface area contributed by atoms with Gasteiger partial charge in [0.2, 0.25) is 0 Å². The highest BCUT2D eigenvalue weighted by atomic mass is 16.5. The van der Waals surface area contributed by atoms with Gasteiger partial charge in [0.05, 0.1) is 6.10 Å². The molecular weight excluding hydrogens is 126 g/mol. The van der Waals surface area contributed by atoms with Crippen molar-refractivity contribution in [2.45, 2.75) is 18.9 Å². The molecule has 2 heteroatoms. The summed E-state index contributed by atoms with van der Waals surface area (Å²) in [6.45, 7) is 6.60. The van der Waals surface area contributed by atoms with Gasteiger partial charge in [0.1, 0.15) is 0 Å². The lowest BCUT2D eigenvalue weighted by Gasteiger charge is -2.26. The van der Waals surface area contributed by atoms with Gasteiger partial charge in [0.25, 0.3) is 0 Å². The van der Waals surface area contributed by atoms with Crippen LogP contribution in [0.15, 0.2) is 12.7 Å². The smallest absolute Gasteiger partial charge is 0.0823 e. The second kappa shape index (κ2) is 4.47. The first-order valence-corrected chi connectivity index (χ1v) is 3.86. The monoisotopic (exact) mass is 141 g/mol. The van der Waals surface area contributed by atoms with Crippen molar-refractivity contribution in [1.82, 2.24) is 5.32 Å². The van der Waals surface area contributed by atoms with Crippen molar-refractivity contribution in [3.8, 4) is 0 Å². The lowest BCUT2D eigenvalue weighted by Crippen LogP contribution is -2.48. The summed E-state index contributed by atoms with van der Waals surface area (Å²) in [6, 6.07) is 0. The zero-order valence-electron chi connectivity index (χ0n) is 6.31. The SMILES string of the molecule is C=CCCCOC1CNC1. The van der Waals surface area contributed by atoms with Crippen molar-refractivity contribution in [3.05, 3.63) is 12.7 Å². The van der Waals surface area contributed by atoms with Crippen molar-refractivity contribution in [2.75, 3.05) is 19.7 Å². The number of hydrogen-bond acceptors (Lipinski definition) is 2. The van der Waals surface area contributed by atoms with E-state index in [1.807, 2.05) is 6.08 Å². The van der Waals surface area contributed by atoms with E-state index < -0.39 is 0 Å². The van der Waals surface area contributed by atoms with Gasteiger partial charge in [-0.05, 0) is 12.8 Å². The fourth-order valence-electron chi connectivity index (χ4n) is 0.858. The summed E-state index contributed by atoms with van der Waals surface area (Å²) >= 11 is 0. The maximum absolute atomic E-state index is 5.47. The Bertz CT molecular complexity index is 99.4. The van der Waals surface area contributed by atoms with E-state index >= 15 is 0 Å². The highest BCUT2D eigenvalue weighted by molar-refractivity contribution is 4.75. The molecule has 0 aliphatic carbocycles. The summed E-state index contributed by atoms with van der Waals surface area (Å²) in [6.07, 6.45) is 4.60.